The van der Waals surface area contributed by atoms with E-state index >= 15 is 0 Å². The van der Waals surface area contributed by atoms with Crippen molar-refractivity contribution in [3.8, 4) is 5.75 Å². The van der Waals surface area contributed by atoms with E-state index < -0.39 is 5.54 Å². The summed E-state index contributed by atoms with van der Waals surface area (Å²) in [6.45, 7) is 2.98. The highest BCUT2D eigenvalue weighted by Crippen LogP contribution is 2.30. The van der Waals surface area contributed by atoms with E-state index in [0.29, 0.717) is 16.5 Å². The monoisotopic (exact) mass is 296 g/mol. The zero-order valence-electron chi connectivity index (χ0n) is 12.0. The molecule has 1 amide bonds. The first-order chi connectivity index (χ1) is 9.61. The molecule has 0 radical (unpaired) electrons. The Kier molecular flexibility index (Phi) is 4.89. The van der Waals surface area contributed by atoms with Crippen LogP contribution in [-0.2, 0) is 4.79 Å². The molecule has 4 nitrogen and oxygen atoms in total. The van der Waals surface area contributed by atoms with E-state index in [0.717, 1.165) is 32.2 Å². The fourth-order valence-electron chi connectivity index (χ4n) is 2.72. The summed E-state index contributed by atoms with van der Waals surface area (Å²) < 4.78 is 5.16. The van der Waals surface area contributed by atoms with Crippen LogP contribution in [0, 0.1) is 0 Å². The van der Waals surface area contributed by atoms with Crippen LogP contribution in [0.2, 0.25) is 5.02 Å². The molecule has 110 valence electrons. The second kappa shape index (κ2) is 6.46. The number of hydrogen-bond acceptors (Lipinski definition) is 3. The third kappa shape index (κ3) is 3.07. The highest BCUT2D eigenvalue weighted by Gasteiger charge is 2.40. The van der Waals surface area contributed by atoms with E-state index in [1.807, 2.05) is 0 Å². The second-order valence-electron chi connectivity index (χ2n) is 5.16. The SMILES string of the molecule is CCCC1(C(=O)Nc2cc(OC)ccc2Cl)CCCN1. The first-order valence-electron chi connectivity index (χ1n) is 7.01. The van der Waals surface area contributed by atoms with Crippen LogP contribution in [0.4, 0.5) is 5.69 Å². The fraction of sp³-hybridized carbons (Fsp3) is 0.533. The summed E-state index contributed by atoms with van der Waals surface area (Å²) in [5.41, 5.74) is 0.140. The van der Waals surface area contributed by atoms with Crippen LogP contribution in [0.3, 0.4) is 0 Å². The normalized spacial score (nSPS) is 21.8. The van der Waals surface area contributed by atoms with Gasteiger partial charge in [0.1, 0.15) is 5.75 Å². The molecule has 5 heteroatoms. The third-order valence-corrected chi connectivity index (χ3v) is 4.11. The zero-order chi connectivity index (χ0) is 14.6. The standard InChI is InChI=1S/C15H21ClN2O2/c1-3-7-15(8-4-9-17-15)14(19)18-13-10-11(20-2)5-6-12(13)16/h5-6,10,17H,3-4,7-9H2,1-2H3,(H,18,19). The van der Waals surface area contributed by atoms with Crippen molar-refractivity contribution in [1.29, 1.82) is 0 Å². The lowest BCUT2D eigenvalue weighted by molar-refractivity contribution is -0.122. The summed E-state index contributed by atoms with van der Waals surface area (Å²) in [7, 11) is 1.59. The highest BCUT2D eigenvalue weighted by atomic mass is 35.5. The van der Waals surface area contributed by atoms with Gasteiger partial charge in [-0.3, -0.25) is 4.79 Å². The lowest BCUT2D eigenvalue weighted by atomic mass is 9.91. The minimum atomic E-state index is -0.457. The number of methoxy groups -OCH3 is 1. The molecule has 1 unspecified atom stereocenters. The van der Waals surface area contributed by atoms with Crippen LogP contribution in [0.5, 0.6) is 5.75 Å². The first kappa shape index (κ1) is 15.1. The third-order valence-electron chi connectivity index (χ3n) is 3.78. The van der Waals surface area contributed by atoms with Crippen molar-refractivity contribution < 1.29 is 9.53 Å². The summed E-state index contributed by atoms with van der Waals surface area (Å²) >= 11 is 6.14. The Bertz CT molecular complexity index is 485. The summed E-state index contributed by atoms with van der Waals surface area (Å²) in [6.07, 6.45) is 3.69. The van der Waals surface area contributed by atoms with Crippen LogP contribution in [0.15, 0.2) is 18.2 Å². The fourth-order valence-corrected chi connectivity index (χ4v) is 2.89. The predicted octanol–water partition coefficient (Wildman–Crippen LogP) is 3.21. The van der Waals surface area contributed by atoms with E-state index in [1.165, 1.54) is 0 Å². The molecule has 0 spiro atoms. The molecule has 20 heavy (non-hydrogen) atoms. The van der Waals surface area contributed by atoms with Crippen molar-refractivity contribution in [2.75, 3.05) is 19.0 Å². The molecular formula is C15H21ClN2O2. The van der Waals surface area contributed by atoms with Gasteiger partial charge in [0.25, 0.3) is 0 Å². The van der Waals surface area contributed by atoms with Gasteiger partial charge in [-0.2, -0.15) is 0 Å². The molecular weight excluding hydrogens is 276 g/mol. The van der Waals surface area contributed by atoms with Crippen molar-refractivity contribution in [3.05, 3.63) is 23.2 Å². The molecule has 0 aliphatic carbocycles. The maximum Gasteiger partial charge on any atom is 0.244 e. The van der Waals surface area contributed by atoms with Gasteiger partial charge in [0.2, 0.25) is 5.91 Å². The van der Waals surface area contributed by atoms with E-state index in [1.54, 1.807) is 25.3 Å². The van der Waals surface area contributed by atoms with Gasteiger partial charge in [0.05, 0.1) is 23.4 Å². The quantitative estimate of drug-likeness (QED) is 0.877. The topological polar surface area (TPSA) is 50.4 Å². The van der Waals surface area contributed by atoms with Crippen molar-refractivity contribution in [2.45, 2.75) is 38.1 Å². The Morgan fingerprint density at radius 3 is 2.95 bits per heavy atom. The minimum absolute atomic E-state index is 0.00740. The van der Waals surface area contributed by atoms with E-state index in [2.05, 4.69) is 17.6 Å². The Morgan fingerprint density at radius 1 is 1.55 bits per heavy atom. The number of carbonyl (C=O) groups is 1. The summed E-state index contributed by atoms with van der Waals surface area (Å²) in [4.78, 5) is 12.6. The van der Waals surface area contributed by atoms with Gasteiger partial charge < -0.3 is 15.4 Å². The highest BCUT2D eigenvalue weighted by molar-refractivity contribution is 6.33. The molecule has 0 bridgehead atoms. The predicted molar refractivity (Wildman–Crippen MR) is 81.5 cm³/mol. The second-order valence-corrected chi connectivity index (χ2v) is 5.57. The Hall–Kier alpha value is -1.26. The maximum absolute atomic E-state index is 12.6. The molecule has 2 N–H and O–H groups in total. The smallest absolute Gasteiger partial charge is 0.244 e. The molecule has 1 fully saturated rings. The van der Waals surface area contributed by atoms with Crippen LogP contribution < -0.4 is 15.4 Å². The van der Waals surface area contributed by atoms with Crippen molar-refractivity contribution in [2.24, 2.45) is 0 Å². The van der Waals surface area contributed by atoms with Crippen molar-refractivity contribution in [1.82, 2.24) is 5.32 Å². The summed E-state index contributed by atoms with van der Waals surface area (Å²) in [5, 5.41) is 6.81. The first-order valence-corrected chi connectivity index (χ1v) is 7.39. The zero-order valence-corrected chi connectivity index (χ0v) is 12.7. The molecule has 1 aliphatic heterocycles. The molecule has 1 aromatic rings. The molecule has 0 saturated carbocycles. The van der Waals surface area contributed by atoms with Gasteiger partial charge in [-0.15, -0.1) is 0 Å². The number of anilines is 1. The van der Waals surface area contributed by atoms with E-state index in [9.17, 15) is 4.79 Å². The Labute approximate surface area is 124 Å². The van der Waals surface area contributed by atoms with Crippen molar-refractivity contribution >= 4 is 23.2 Å². The number of ether oxygens (including phenoxy) is 1. The van der Waals surface area contributed by atoms with E-state index in [4.69, 9.17) is 16.3 Å². The maximum atomic E-state index is 12.6. The van der Waals surface area contributed by atoms with Gasteiger partial charge in [-0.25, -0.2) is 0 Å². The molecule has 1 heterocycles. The molecule has 2 rings (SSSR count). The van der Waals surface area contributed by atoms with Crippen molar-refractivity contribution in [3.63, 3.8) is 0 Å². The molecule has 1 saturated heterocycles. The molecule has 1 atom stereocenters. The van der Waals surface area contributed by atoms with Gasteiger partial charge in [0.15, 0.2) is 0 Å². The number of benzene rings is 1. The van der Waals surface area contributed by atoms with Crippen LogP contribution in [0.25, 0.3) is 0 Å². The van der Waals surface area contributed by atoms with Gasteiger partial charge >= 0.3 is 0 Å². The summed E-state index contributed by atoms with van der Waals surface area (Å²) in [5.74, 6) is 0.667. The number of rotatable bonds is 5. The number of hydrogen-bond donors (Lipinski definition) is 2. The Morgan fingerprint density at radius 2 is 2.35 bits per heavy atom. The lowest BCUT2D eigenvalue weighted by Gasteiger charge is -2.28. The molecule has 1 aliphatic rings. The van der Waals surface area contributed by atoms with Crippen LogP contribution in [0.1, 0.15) is 32.6 Å². The van der Waals surface area contributed by atoms with Gasteiger partial charge in [-0.05, 0) is 37.9 Å². The van der Waals surface area contributed by atoms with Gasteiger partial charge in [-0.1, -0.05) is 24.9 Å². The number of nitrogens with one attached hydrogen (secondary N) is 2. The minimum Gasteiger partial charge on any atom is -0.497 e. The number of carbonyl (C=O) groups excluding carboxylic acids is 1. The number of amides is 1. The Balaban J connectivity index is 2.18. The average Bonchev–Trinajstić information content (AvgIpc) is 2.91. The van der Waals surface area contributed by atoms with E-state index in [-0.39, 0.29) is 5.91 Å². The molecule has 0 aromatic heterocycles. The van der Waals surface area contributed by atoms with Gasteiger partial charge in [0, 0.05) is 6.07 Å². The average molecular weight is 297 g/mol. The lowest BCUT2D eigenvalue weighted by Crippen LogP contribution is -2.50. The number of halogens is 1. The van der Waals surface area contributed by atoms with Crippen LogP contribution in [-0.4, -0.2) is 25.1 Å². The molecule has 1 aromatic carbocycles. The largest absolute Gasteiger partial charge is 0.497 e. The summed E-state index contributed by atoms with van der Waals surface area (Å²) in [6, 6.07) is 5.24. The van der Waals surface area contributed by atoms with Crippen LogP contribution >= 0.6 is 11.6 Å².